The van der Waals surface area contributed by atoms with Crippen LogP contribution in [0.5, 0.6) is 0 Å². The molecule has 0 aromatic carbocycles. The standard InChI is InChI=1S/C24H34N6O2/c1-15-9-17(7-8-23(15)31)21-10-20(18-11-26-29(13-18)19-5-4-6-19)22-12-25-24(28-30(21)22)27-16(2)14-32-3/h10-13,15-17,19,23,31H,4-9,14H2,1-3H3,(H,27,28)/t15-,16+,17-,23+/m1/s1. The van der Waals surface area contributed by atoms with Gasteiger partial charge in [0.25, 0.3) is 0 Å². The average molecular weight is 439 g/mol. The zero-order valence-electron chi connectivity index (χ0n) is 19.2. The second-order valence-corrected chi connectivity index (χ2v) is 9.71. The summed E-state index contributed by atoms with van der Waals surface area (Å²) < 4.78 is 9.41. The van der Waals surface area contributed by atoms with Crippen molar-refractivity contribution in [2.75, 3.05) is 19.0 Å². The normalized spacial score (nSPS) is 25.1. The van der Waals surface area contributed by atoms with E-state index in [1.807, 2.05) is 12.4 Å². The van der Waals surface area contributed by atoms with Gasteiger partial charge in [0.2, 0.25) is 5.95 Å². The molecule has 2 saturated carbocycles. The predicted molar refractivity (Wildman–Crippen MR) is 124 cm³/mol. The van der Waals surface area contributed by atoms with Crippen molar-refractivity contribution in [3.05, 3.63) is 30.4 Å². The van der Waals surface area contributed by atoms with Crippen LogP contribution in [0.15, 0.2) is 24.7 Å². The lowest BCUT2D eigenvalue weighted by Crippen LogP contribution is -2.27. The minimum Gasteiger partial charge on any atom is -0.393 e. The molecule has 4 atom stereocenters. The third-order valence-corrected chi connectivity index (χ3v) is 7.24. The Bertz CT molecular complexity index is 1070. The molecule has 8 heteroatoms. The zero-order chi connectivity index (χ0) is 22.2. The Morgan fingerprint density at radius 1 is 1.25 bits per heavy atom. The number of aliphatic hydroxyl groups excluding tert-OH is 1. The Balaban J connectivity index is 1.54. The lowest BCUT2D eigenvalue weighted by Gasteiger charge is -2.30. The molecule has 0 amide bonds. The van der Waals surface area contributed by atoms with Crippen molar-refractivity contribution in [3.8, 4) is 11.1 Å². The molecule has 3 aromatic rings. The van der Waals surface area contributed by atoms with Gasteiger partial charge in [-0.05, 0) is 57.4 Å². The van der Waals surface area contributed by atoms with Gasteiger partial charge in [0.1, 0.15) is 0 Å². The van der Waals surface area contributed by atoms with Gasteiger partial charge >= 0.3 is 0 Å². The molecule has 2 aliphatic carbocycles. The van der Waals surface area contributed by atoms with E-state index in [4.69, 9.17) is 9.84 Å². The lowest BCUT2D eigenvalue weighted by molar-refractivity contribution is 0.0704. The summed E-state index contributed by atoms with van der Waals surface area (Å²) in [4.78, 5) is 4.60. The van der Waals surface area contributed by atoms with Crippen LogP contribution in [0.25, 0.3) is 16.6 Å². The van der Waals surface area contributed by atoms with Crippen LogP contribution in [0, 0.1) is 5.92 Å². The highest BCUT2D eigenvalue weighted by Crippen LogP contribution is 2.40. The molecule has 3 heterocycles. The van der Waals surface area contributed by atoms with E-state index in [-0.39, 0.29) is 18.1 Å². The number of hydrogen-bond donors (Lipinski definition) is 2. The molecule has 3 aromatic heterocycles. The van der Waals surface area contributed by atoms with Crippen molar-refractivity contribution in [2.45, 2.75) is 76.5 Å². The fourth-order valence-electron chi connectivity index (χ4n) is 5.09. The highest BCUT2D eigenvalue weighted by Gasteiger charge is 2.30. The van der Waals surface area contributed by atoms with Gasteiger partial charge in [-0.3, -0.25) is 4.68 Å². The molecule has 0 saturated heterocycles. The first-order chi connectivity index (χ1) is 15.5. The van der Waals surface area contributed by atoms with Crippen LogP contribution in [0.3, 0.4) is 0 Å². The zero-order valence-corrected chi connectivity index (χ0v) is 19.2. The van der Waals surface area contributed by atoms with E-state index >= 15 is 0 Å². The molecular formula is C24H34N6O2. The molecule has 2 fully saturated rings. The predicted octanol–water partition coefficient (Wildman–Crippen LogP) is 4.03. The summed E-state index contributed by atoms with van der Waals surface area (Å²) in [6, 6.07) is 2.91. The van der Waals surface area contributed by atoms with Gasteiger partial charge in [-0.2, -0.15) is 5.10 Å². The van der Waals surface area contributed by atoms with E-state index < -0.39 is 0 Å². The number of methoxy groups -OCH3 is 1. The Morgan fingerprint density at radius 2 is 2.09 bits per heavy atom. The third-order valence-electron chi connectivity index (χ3n) is 7.24. The average Bonchev–Trinajstić information content (AvgIpc) is 3.34. The maximum atomic E-state index is 10.3. The number of aromatic nitrogens is 5. The Morgan fingerprint density at radius 3 is 2.81 bits per heavy atom. The molecule has 32 heavy (non-hydrogen) atoms. The summed E-state index contributed by atoms with van der Waals surface area (Å²) in [6.45, 7) is 4.78. The molecule has 0 radical (unpaired) electrons. The summed E-state index contributed by atoms with van der Waals surface area (Å²) in [5.41, 5.74) is 4.43. The fraction of sp³-hybridized carbons (Fsp3) is 0.625. The van der Waals surface area contributed by atoms with Crippen LogP contribution in [0.2, 0.25) is 0 Å². The van der Waals surface area contributed by atoms with Gasteiger partial charge in [-0.1, -0.05) is 6.92 Å². The van der Waals surface area contributed by atoms with E-state index in [1.165, 1.54) is 25.0 Å². The molecule has 0 spiro atoms. The quantitative estimate of drug-likeness (QED) is 0.579. The summed E-state index contributed by atoms with van der Waals surface area (Å²) in [5, 5.41) is 23.1. The first-order valence-electron chi connectivity index (χ1n) is 11.9. The van der Waals surface area contributed by atoms with Gasteiger partial charge in [0, 0.05) is 42.1 Å². The Hall–Kier alpha value is -2.45. The minimum atomic E-state index is -0.209. The van der Waals surface area contributed by atoms with E-state index in [1.54, 1.807) is 7.11 Å². The van der Waals surface area contributed by atoms with E-state index in [0.717, 1.165) is 35.9 Å². The number of aliphatic hydroxyl groups is 1. The largest absolute Gasteiger partial charge is 0.393 e. The second kappa shape index (κ2) is 8.83. The summed E-state index contributed by atoms with van der Waals surface area (Å²) in [6.07, 6.45) is 12.3. The monoisotopic (exact) mass is 438 g/mol. The summed E-state index contributed by atoms with van der Waals surface area (Å²) >= 11 is 0. The van der Waals surface area contributed by atoms with Crippen molar-refractivity contribution in [1.82, 2.24) is 24.4 Å². The van der Waals surface area contributed by atoms with Crippen LogP contribution in [0.1, 0.15) is 70.0 Å². The van der Waals surface area contributed by atoms with Crippen molar-refractivity contribution in [2.24, 2.45) is 5.92 Å². The summed E-state index contributed by atoms with van der Waals surface area (Å²) in [7, 11) is 1.70. The molecule has 8 nitrogen and oxygen atoms in total. The van der Waals surface area contributed by atoms with Crippen LogP contribution in [-0.4, -0.2) is 55.3 Å². The van der Waals surface area contributed by atoms with Crippen molar-refractivity contribution < 1.29 is 9.84 Å². The lowest BCUT2D eigenvalue weighted by atomic mass is 9.79. The highest BCUT2D eigenvalue weighted by molar-refractivity contribution is 5.81. The summed E-state index contributed by atoms with van der Waals surface area (Å²) in [5.74, 6) is 1.24. The highest BCUT2D eigenvalue weighted by atomic mass is 16.5. The van der Waals surface area contributed by atoms with Gasteiger partial charge in [0.05, 0.1) is 36.7 Å². The van der Waals surface area contributed by atoms with E-state index in [9.17, 15) is 5.11 Å². The van der Waals surface area contributed by atoms with Crippen LogP contribution in [0.4, 0.5) is 5.95 Å². The number of anilines is 1. The smallest absolute Gasteiger partial charge is 0.241 e. The van der Waals surface area contributed by atoms with Crippen molar-refractivity contribution >= 4 is 11.5 Å². The number of hydrogen-bond acceptors (Lipinski definition) is 6. The van der Waals surface area contributed by atoms with Crippen LogP contribution in [-0.2, 0) is 4.74 Å². The van der Waals surface area contributed by atoms with Gasteiger partial charge in [-0.25, -0.2) is 9.50 Å². The molecular weight excluding hydrogens is 404 g/mol. The first kappa shape index (κ1) is 21.4. The maximum absolute atomic E-state index is 10.3. The third kappa shape index (κ3) is 4.01. The molecule has 5 rings (SSSR count). The maximum Gasteiger partial charge on any atom is 0.241 e. The fourth-order valence-corrected chi connectivity index (χ4v) is 5.09. The molecule has 0 unspecified atom stereocenters. The van der Waals surface area contributed by atoms with Crippen molar-refractivity contribution in [1.29, 1.82) is 0 Å². The Kier molecular flexibility index (Phi) is 5.90. The molecule has 0 bridgehead atoms. The Labute approximate surface area is 189 Å². The first-order valence-corrected chi connectivity index (χ1v) is 11.9. The second-order valence-electron chi connectivity index (χ2n) is 9.71. The number of ether oxygens (including phenoxy) is 1. The van der Waals surface area contributed by atoms with Gasteiger partial charge < -0.3 is 15.2 Å². The van der Waals surface area contributed by atoms with Crippen molar-refractivity contribution in [3.63, 3.8) is 0 Å². The topological polar surface area (TPSA) is 89.5 Å². The van der Waals surface area contributed by atoms with Crippen LogP contribution >= 0.6 is 0 Å². The van der Waals surface area contributed by atoms with Gasteiger partial charge in [-0.15, -0.1) is 5.10 Å². The van der Waals surface area contributed by atoms with Gasteiger partial charge in [0.15, 0.2) is 0 Å². The van der Waals surface area contributed by atoms with E-state index in [0.29, 0.717) is 24.5 Å². The van der Waals surface area contributed by atoms with Crippen LogP contribution < -0.4 is 5.32 Å². The molecule has 172 valence electrons. The SMILES string of the molecule is COC[C@H](C)Nc1ncc2c(-c3cnn(C4CCC4)c3)cc([C@@H]3CC[C@H](O)[C@H](C)C3)n2n1. The molecule has 0 aliphatic heterocycles. The number of rotatable bonds is 7. The number of nitrogens with one attached hydrogen (secondary N) is 1. The number of fused-ring (bicyclic) bond motifs is 1. The van der Waals surface area contributed by atoms with E-state index in [2.05, 4.69) is 50.7 Å². The molecule has 2 aliphatic rings. The minimum absolute atomic E-state index is 0.112. The molecule has 2 N–H and O–H groups in total. The number of nitrogens with zero attached hydrogens (tertiary/aromatic N) is 5.